The smallest absolute Gasteiger partial charge is 0.242 e. The van der Waals surface area contributed by atoms with E-state index in [1.807, 2.05) is 34.0 Å². The topological polar surface area (TPSA) is 32.3 Å². The number of likely N-dealkylation sites (N-methyl/N-ethyl adjacent to an activating group) is 2. The van der Waals surface area contributed by atoms with Crippen molar-refractivity contribution >= 4 is 33.2 Å². The first kappa shape index (κ1) is 14.7. The maximum absolute atomic E-state index is 12.1. The Bertz CT molecular complexity index is 390. The first-order valence-electron chi connectivity index (χ1n) is 5.55. The fraction of sp³-hybridized carbons (Fsp3) is 0.583. The molecule has 0 atom stereocenters. The van der Waals surface area contributed by atoms with E-state index in [2.05, 4.69) is 27.3 Å². The lowest BCUT2D eigenvalue weighted by atomic mass is 10.0. The van der Waals surface area contributed by atoms with Crippen LogP contribution >= 0.6 is 27.3 Å². The molecule has 17 heavy (non-hydrogen) atoms. The Morgan fingerprint density at radius 3 is 2.65 bits per heavy atom. The third kappa shape index (κ3) is 4.08. The number of amides is 1. The molecule has 1 heterocycles. The number of carbonyl (C=O) groups is 1. The zero-order valence-electron chi connectivity index (χ0n) is 10.7. The van der Waals surface area contributed by atoms with Crippen molar-refractivity contribution in [1.82, 2.24) is 10.2 Å². The molecule has 0 aliphatic carbocycles. The van der Waals surface area contributed by atoms with Crippen LogP contribution in [0, 0.1) is 0 Å². The Morgan fingerprint density at radius 2 is 2.18 bits per heavy atom. The maximum Gasteiger partial charge on any atom is 0.242 e. The maximum atomic E-state index is 12.1. The zero-order chi connectivity index (χ0) is 13.1. The molecule has 0 aliphatic rings. The number of nitrogens with one attached hydrogen (secondary N) is 1. The average molecular weight is 319 g/mol. The van der Waals surface area contributed by atoms with E-state index in [-0.39, 0.29) is 5.91 Å². The third-order valence-electron chi connectivity index (χ3n) is 2.83. The van der Waals surface area contributed by atoms with Crippen LogP contribution in [0.3, 0.4) is 0 Å². The molecule has 0 fully saturated rings. The summed E-state index contributed by atoms with van der Waals surface area (Å²) in [5, 5.41) is 3.03. The van der Waals surface area contributed by atoms with Crippen molar-refractivity contribution in [3.63, 3.8) is 0 Å². The molecule has 5 heteroatoms. The minimum absolute atomic E-state index is 0.121. The van der Waals surface area contributed by atoms with Gasteiger partial charge in [-0.15, -0.1) is 11.3 Å². The van der Waals surface area contributed by atoms with Gasteiger partial charge in [0.05, 0.1) is 9.33 Å². The molecule has 0 saturated carbocycles. The Hall–Kier alpha value is -0.390. The molecule has 1 aromatic rings. The van der Waals surface area contributed by atoms with E-state index in [0.29, 0.717) is 0 Å². The summed E-state index contributed by atoms with van der Waals surface area (Å²) in [6, 6.07) is 4.13. The predicted octanol–water partition coefficient (Wildman–Crippen LogP) is 2.51. The second-order valence-corrected chi connectivity index (χ2v) is 7.11. The van der Waals surface area contributed by atoms with Crippen LogP contribution in [0.2, 0.25) is 0 Å². The van der Waals surface area contributed by atoms with Crippen LogP contribution in [-0.2, 0) is 11.2 Å². The Kier molecular flexibility index (Phi) is 5.16. The summed E-state index contributed by atoms with van der Waals surface area (Å²) < 4.78 is 1.14. The van der Waals surface area contributed by atoms with E-state index in [9.17, 15) is 4.79 Å². The molecule has 0 bridgehead atoms. The van der Waals surface area contributed by atoms with Crippen molar-refractivity contribution in [3.8, 4) is 0 Å². The summed E-state index contributed by atoms with van der Waals surface area (Å²) in [5.41, 5.74) is -0.495. The Labute approximate surface area is 115 Å². The summed E-state index contributed by atoms with van der Waals surface area (Å²) in [7, 11) is 3.66. The van der Waals surface area contributed by atoms with E-state index in [4.69, 9.17) is 0 Å². The molecule has 0 radical (unpaired) electrons. The molecule has 1 rings (SSSR count). The lowest BCUT2D eigenvalue weighted by Crippen LogP contribution is -2.51. The minimum Gasteiger partial charge on any atom is -0.344 e. The average Bonchev–Trinajstić information content (AvgIpc) is 2.71. The van der Waals surface area contributed by atoms with Crippen molar-refractivity contribution < 1.29 is 4.79 Å². The SMILES string of the molecule is CNC(C)(C)C(=O)N(C)CCc1ccc(Br)s1. The van der Waals surface area contributed by atoms with Gasteiger partial charge in [-0.3, -0.25) is 4.79 Å². The van der Waals surface area contributed by atoms with E-state index < -0.39 is 5.54 Å². The number of hydrogen-bond acceptors (Lipinski definition) is 3. The zero-order valence-corrected chi connectivity index (χ0v) is 13.1. The fourth-order valence-corrected chi connectivity index (χ4v) is 2.92. The summed E-state index contributed by atoms with van der Waals surface area (Å²) in [5.74, 6) is 0.121. The lowest BCUT2D eigenvalue weighted by molar-refractivity contribution is -0.135. The van der Waals surface area contributed by atoms with Gasteiger partial charge in [0.1, 0.15) is 0 Å². The number of carbonyl (C=O) groups excluding carboxylic acids is 1. The molecule has 1 amide bonds. The van der Waals surface area contributed by atoms with Crippen LogP contribution in [0.1, 0.15) is 18.7 Å². The van der Waals surface area contributed by atoms with Crippen LogP contribution in [0.15, 0.2) is 15.9 Å². The standard InChI is InChI=1S/C12H19BrN2OS/c1-12(2,14-3)11(16)15(4)8-7-9-5-6-10(13)17-9/h5-6,14H,7-8H2,1-4H3. The molecule has 1 aromatic heterocycles. The summed E-state index contributed by atoms with van der Waals surface area (Å²) in [6.45, 7) is 4.54. The number of halogens is 1. The van der Waals surface area contributed by atoms with Gasteiger partial charge in [0.15, 0.2) is 0 Å². The molecular formula is C12H19BrN2OS. The monoisotopic (exact) mass is 318 g/mol. The van der Waals surface area contributed by atoms with E-state index in [0.717, 1.165) is 16.8 Å². The van der Waals surface area contributed by atoms with Crippen LogP contribution in [0.5, 0.6) is 0 Å². The van der Waals surface area contributed by atoms with Gasteiger partial charge < -0.3 is 10.2 Å². The van der Waals surface area contributed by atoms with Gasteiger partial charge in [0.2, 0.25) is 5.91 Å². The van der Waals surface area contributed by atoms with Crippen LogP contribution < -0.4 is 5.32 Å². The van der Waals surface area contributed by atoms with Crippen molar-refractivity contribution in [2.45, 2.75) is 25.8 Å². The first-order chi connectivity index (χ1) is 7.86. The number of nitrogens with zero attached hydrogens (tertiary/aromatic N) is 1. The van der Waals surface area contributed by atoms with Gasteiger partial charge >= 0.3 is 0 Å². The second kappa shape index (κ2) is 5.98. The quantitative estimate of drug-likeness (QED) is 0.904. The van der Waals surface area contributed by atoms with Crippen molar-refractivity contribution in [3.05, 3.63) is 20.8 Å². The molecular weight excluding hydrogens is 300 g/mol. The van der Waals surface area contributed by atoms with Gasteiger partial charge in [0.25, 0.3) is 0 Å². The Morgan fingerprint density at radius 1 is 1.53 bits per heavy atom. The molecule has 0 unspecified atom stereocenters. The van der Waals surface area contributed by atoms with Crippen molar-refractivity contribution in [2.75, 3.05) is 20.6 Å². The van der Waals surface area contributed by atoms with Gasteiger partial charge in [0, 0.05) is 18.5 Å². The van der Waals surface area contributed by atoms with Gasteiger partial charge in [-0.05, 0) is 55.4 Å². The van der Waals surface area contributed by atoms with E-state index in [1.54, 1.807) is 16.2 Å². The highest BCUT2D eigenvalue weighted by molar-refractivity contribution is 9.11. The highest BCUT2D eigenvalue weighted by Crippen LogP contribution is 2.22. The van der Waals surface area contributed by atoms with Crippen molar-refractivity contribution in [2.24, 2.45) is 0 Å². The van der Waals surface area contributed by atoms with Crippen LogP contribution in [-0.4, -0.2) is 37.0 Å². The Balaban J connectivity index is 2.50. The molecule has 1 N–H and O–H groups in total. The minimum atomic E-state index is -0.495. The summed E-state index contributed by atoms with van der Waals surface area (Å²) in [4.78, 5) is 15.2. The number of thiophene rings is 1. The second-order valence-electron chi connectivity index (χ2n) is 4.56. The third-order valence-corrected chi connectivity index (χ3v) is 4.51. The van der Waals surface area contributed by atoms with Crippen LogP contribution in [0.25, 0.3) is 0 Å². The molecule has 0 aromatic carbocycles. The highest BCUT2D eigenvalue weighted by atomic mass is 79.9. The molecule has 3 nitrogen and oxygen atoms in total. The normalized spacial score (nSPS) is 11.6. The van der Waals surface area contributed by atoms with Crippen molar-refractivity contribution in [1.29, 1.82) is 0 Å². The summed E-state index contributed by atoms with van der Waals surface area (Å²) in [6.07, 6.45) is 0.901. The van der Waals surface area contributed by atoms with Crippen LogP contribution in [0.4, 0.5) is 0 Å². The summed E-state index contributed by atoms with van der Waals surface area (Å²) >= 11 is 5.16. The van der Waals surface area contributed by atoms with E-state index in [1.165, 1.54) is 4.88 Å². The molecule has 0 saturated heterocycles. The van der Waals surface area contributed by atoms with E-state index >= 15 is 0 Å². The predicted molar refractivity (Wildman–Crippen MR) is 76.5 cm³/mol. The van der Waals surface area contributed by atoms with Gasteiger partial charge in [-0.1, -0.05) is 0 Å². The first-order valence-corrected chi connectivity index (χ1v) is 7.16. The number of hydrogen-bond donors (Lipinski definition) is 1. The fourth-order valence-electron chi connectivity index (χ4n) is 1.45. The largest absolute Gasteiger partial charge is 0.344 e. The molecule has 96 valence electrons. The highest BCUT2D eigenvalue weighted by Gasteiger charge is 2.28. The number of rotatable bonds is 5. The van der Waals surface area contributed by atoms with Gasteiger partial charge in [-0.2, -0.15) is 0 Å². The molecule has 0 aliphatic heterocycles. The van der Waals surface area contributed by atoms with Gasteiger partial charge in [-0.25, -0.2) is 0 Å². The lowest BCUT2D eigenvalue weighted by Gasteiger charge is -2.28. The molecule has 0 spiro atoms.